The molecule has 0 spiro atoms. The number of aliphatic carboxylic acids is 1. The summed E-state index contributed by atoms with van der Waals surface area (Å²) in [6, 6.07) is 2.02. The average Bonchev–Trinajstić information content (AvgIpc) is 2.28. The molecule has 0 aliphatic carbocycles. The summed E-state index contributed by atoms with van der Waals surface area (Å²) in [4.78, 5) is 10.8. The fourth-order valence-electron chi connectivity index (χ4n) is 1.64. The van der Waals surface area contributed by atoms with Crippen LogP contribution in [0.25, 0.3) is 0 Å². The van der Waals surface area contributed by atoms with Crippen molar-refractivity contribution in [3.63, 3.8) is 0 Å². The molecule has 0 bridgehead atoms. The lowest BCUT2D eigenvalue weighted by atomic mass is 9.90. The van der Waals surface area contributed by atoms with Gasteiger partial charge in [0.15, 0.2) is 0 Å². The third kappa shape index (κ3) is 4.97. The van der Waals surface area contributed by atoms with Crippen LogP contribution in [0, 0.1) is 17.2 Å². The van der Waals surface area contributed by atoms with E-state index >= 15 is 0 Å². The van der Waals surface area contributed by atoms with Gasteiger partial charge in [-0.3, -0.25) is 0 Å². The van der Waals surface area contributed by atoms with Crippen molar-refractivity contribution in [1.82, 2.24) is 0 Å². The SMILES string of the molecule is CCCCC(CC)C/C(C#N)=C(/C)C(=O)O. The van der Waals surface area contributed by atoms with E-state index in [-0.39, 0.29) is 5.57 Å². The van der Waals surface area contributed by atoms with Crippen LogP contribution in [0.5, 0.6) is 0 Å². The second-order valence-electron chi connectivity index (χ2n) is 4.14. The molecule has 3 heteroatoms. The van der Waals surface area contributed by atoms with Gasteiger partial charge in [0.25, 0.3) is 0 Å². The highest BCUT2D eigenvalue weighted by Crippen LogP contribution is 2.22. The largest absolute Gasteiger partial charge is 0.478 e. The number of carboxylic acids is 1. The Bertz CT molecular complexity index is 300. The molecule has 0 saturated heterocycles. The molecular formula is C13H21NO2. The van der Waals surface area contributed by atoms with Crippen LogP contribution >= 0.6 is 0 Å². The summed E-state index contributed by atoms with van der Waals surface area (Å²) in [6.45, 7) is 5.73. The zero-order chi connectivity index (χ0) is 12.6. The van der Waals surface area contributed by atoms with Gasteiger partial charge in [-0.2, -0.15) is 5.26 Å². The van der Waals surface area contributed by atoms with Crippen LogP contribution in [-0.2, 0) is 4.79 Å². The van der Waals surface area contributed by atoms with Crippen LogP contribution in [0.3, 0.4) is 0 Å². The number of hydrogen-bond donors (Lipinski definition) is 1. The summed E-state index contributed by atoms with van der Waals surface area (Å²) in [6.07, 6.45) is 4.96. The number of rotatable bonds is 7. The average molecular weight is 223 g/mol. The standard InChI is InChI=1S/C13H21NO2/c1-4-6-7-11(5-2)8-12(9-14)10(3)13(15)16/h11H,4-8H2,1-3H3,(H,15,16)/b12-10+. The minimum atomic E-state index is -0.984. The van der Waals surface area contributed by atoms with Crippen molar-refractivity contribution in [2.75, 3.05) is 0 Å². The van der Waals surface area contributed by atoms with Crippen molar-refractivity contribution in [2.45, 2.75) is 52.9 Å². The lowest BCUT2D eigenvalue weighted by Crippen LogP contribution is -2.05. The quantitative estimate of drug-likeness (QED) is 0.530. The lowest BCUT2D eigenvalue weighted by Gasteiger charge is -2.14. The maximum atomic E-state index is 10.8. The fourth-order valence-corrected chi connectivity index (χ4v) is 1.64. The second-order valence-corrected chi connectivity index (χ2v) is 4.14. The molecule has 0 aromatic carbocycles. The molecule has 0 aromatic heterocycles. The predicted octanol–water partition coefficient (Wildman–Crippen LogP) is 3.52. The van der Waals surface area contributed by atoms with Gasteiger partial charge in [0.05, 0.1) is 6.07 Å². The first kappa shape index (κ1) is 14.7. The Labute approximate surface area is 97.8 Å². The smallest absolute Gasteiger partial charge is 0.332 e. The number of carboxylic acid groups (broad SMARTS) is 1. The number of carbonyl (C=O) groups is 1. The van der Waals surface area contributed by atoms with E-state index in [4.69, 9.17) is 10.4 Å². The fraction of sp³-hybridized carbons (Fsp3) is 0.692. The molecule has 3 nitrogen and oxygen atoms in total. The molecule has 0 aromatic rings. The molecule has 0 aliphatic rings. The van der Waals surface area contributed by atoms with Crippen LogP contribution in [0.2, 0.25) is 0 Å². The van der Waals surface area contributed by atoms with E-state index in [0.29, 0.717) is 17.9 Å². The Hall–Kier alpha value is -1.30. The molecule has 0 aliphatic heterocycles. The topological polar surface area (TPSA) is 61.1 Å². The summed E-state index contributed by atoms with van der Waals surface area (Å²) in [7, 11) is 0. The molecule has 0 heterocycles. The summed E-state index contributed by atoms with van der Waals surface area (Å²) in [5.41, 5.74) is 0.618. The normalized spacial score (nSPS) is 13.9. The summed E-state index contributed by atoms with van der Waals surface area (Å²) >= 11 is 0. The molecule has 0 rings (SSSR count). The molecule has 16 heavy (non-hydrogen) atoms. The number of nitriles is 1. The summed E-state index contributed by atoms with van der Waals surface area (Å²) < 4.78 is 0. The minimum absolute atomic E-state index is 0.192. The number of nitrogens with zero attached hydrogens (tertiary/aromatic N) is 1. The lowest BCUT2D eigenvalue weighted by molar-refractivity contribution is -0.132. The molecule has 1 atom stereocenters. The Morgan fingerprint density at radius 1 is 1.44 bits per heavy atom. The zero-order valence-corrected chi connectivity index (χ0v) is 10.4. The van der Waals surface area contributed by atoms with Crippen LogP contribution in [0.1, 0.15) is 52.9 Å². The van der Waals surface area contributed by atoms with Gasteiger partial charge in [-0.1, -0.05) is 39.5 Å². The van der Waals surface area contributed by atoms with E-state index in [0.717, 1.165) is 25.7 Å². The molecule has 0 saturated carbocycles. The van der Waals surface area contributed by atoms with E-state index in [2.05, 4.69) is 13.8 Å². The Morgan fingerprint density at radius 3 is 2.44 bits per heavy atom. The first-order chi connectivity index (χ1) is 7.56. The van der Waals surface area contributed by atoms with Crippen LogP contribution in [-0.4, -0.2) is 11.1 Å². The van der Waals surface area contributed by atoms with Crippen LogP contribution in [0.15, 0.2) is 11.1 Å². The highest BCUT2D eigenvalue weighted by Gasteiger charge is 2.14. The Kier molecular flexibility index (Phi) is 7.28. The maximum absolute atomic E-state index is 10.8. The van der Waals surface area contributed by atoms with Crippen LogP contribution in [0.4, 0.5) is 0 Å². The summed E-state index contributed by atoms with van der Waals surface area (Å²) in [5.74, 6) is -0.550. The number of hydrogen-bond acceptors (Lipinski definition) is 2. The van der Waals surface area contributed by atoms with Gasteiger partial charge in [0, 0.05) is 11.1 Å². The van der Waals surface area contributed by atoms with Crippen molar-refractivity contribution < 1.29 is 9.90 Å². The third-order valence-corrected chi connectivity index (χ3v) is 2.94. The number of unbranched alkanes of at least 4 members (excludes halogenated alkanes) is 1. The van der Waals surface area contributed by atoms with E-state index in [1.165, 1.54) is 6.92 Å². The van der Waals surface area contributed by atoms with Crippen molar-refractivity contribution >= 4 is 5.97 Å². The Morgan fingerprint density at radius 2 is 2.06 bits per heavy atom. The first-order valence-electron chi connectivity index (χ1n) is 5.89. The van der Waals surface area contributed by atoms with Crippen molar-refractivity contribution in [3.05, 3.63) is 11.1 Å². The molecule has 1 unspecified atom stereocenters. The second kappa shape index (κ2) is 7.92. The van der Waals surface area contributed by atoms with E-state index in [9.17, 15) is 4.79 Å². The molecule has 90 valence electrons. The third-order valence-electron chi connectivity index (χ3n) is 2.94. The first-order valence-corrected chi connectivity index (χ1v) is 5.89. The predicted molar refractivity (Wildman–Crippen MR) is 63.9 cm³/mol. The highest BCUT2D eigenvalue weighted by molar-refractivity contribution is 5.87. The monoisotopic (exact) mass is 223 g/mol. The van der Waals surface area contributed by atoms with Gasteiger partial charge in [-0.05, 0) is 19.3 Å². The van der Waals surface area contributed by atoms with Gasteiger partial charge >= 0.3 is 5.97 Å². The number of allylic oxidation sites excluding steroid dienone is 1. The van der Waals surface area contributed by atoms with Gasteiger partial charge in [-0.15, -0.1) is 0 Å². The van der Waals surface area contributed by atoms with E-state index in [1.54, 1.807) is 0 Å². The minimum Gasteiger partial charge on any atom is -0.478 e. The van der Waals surface area contributed by atoms with Gasteiger partial charge in [0.1, 0.15) is 0 Å². The van der Waals surface area contributed by atoms with Gasteiger partial charge < -0.3 is 5.11 Å². The van der Waals surface area contributed by atoms with Crippen molar-refractivity contribution in [1.29, 1.82) is 5.26 Å². The summed E-state index contributed by atoms with van der Waals surface area (Å²) in [5, 5.41) is 17.8. The zero-order valence-electron chi connectivity index (χ0n) is 10.4. The highest BCUT2D eigenvalue weighted by atomic mass is 16.4. The molecule has 0 fully saturated rings. The Balaban J connectivity index is 4.58. The molecular weight excluding hydrogens is 202 g/mol. The molecule has 0 radical (unpaired) electrons. The molecule has 1 N–H and O–H groups in total. The molecule has 0 amide bonds. The maximum Gasteiger partial charge on any atom is 0.332 e. The van der Waals surface area contributed by atoms with Gasteiger partial charge in [0.2, 0.25) is 0 Å². The van der Waals surface area contributed by atoms with Crippen molar-refractivity contribution in [3.8, 4) is 6.07 Å². The van der Waals surface area contributed by atoms with Crippen molar-refractivity contribution in [2.24, 2.45) is 5.92 Å². The van der Waals surface area contributed by atoms with Crippen LogP contribution < -0.4 is 0 Å². The van der Waals surface area contributed by atoms with E-state index < -0.39 is 5.97 Å². The van der Waals surface area contributed by atoms with E-state index in [1.807, 2.05) is 6.07 Å². The van der Waals surface area contributed by atoms with Gasteiger partial charge in [-0.25, -0.2) is 4.79 Å².